The largest absolute Gasteiger partial charge is 0.496 e. The summed E-state index contributed by atoms with van der Waals surface area (Å²) in [5.41, 5.74) is 1.36. The lowest BCUT2D eigenvalue weighted by Crippen LogP contribution is -2.33. The lowest BCUT2D eigenvalue weighted by atomic mass is 9.76. The second kappa shape index (κ2) is 4.30. The summed E-state index contributed by atoms with van der Waals surface area (Å²) in [6.45, 7) is 1.95. The van der Waals surface area contributed by atoms with Crippen LogP contribution in [-0.2, 0) is 6.42 Å². The van der Waals surface area contributed by atoms with Crippen molar-refractivity contribution in [2.24, 2.45) is 0 Å². The van der Waals surface area contributed by atoms with Crippen molar-refractivity contribution in [1.29, 1.82) is 0 Å². The Kier molecular flexibility index (Phi) is 3.34. The predicted octanol–water partition coefficient (Wildman–Crippen LogP) is -0.0626. The molecule has 0 aliphatic heterocycles. The molecule has 3 nitrogen and oxygen atoms in total. The van der Waals surface area contributed by atoms with E-state index in [1.54, 1.807) is 19.2 Å². The molecule has 0 aromatic heterocycles. The van der Waals surface area contributed by atoms with Gasteiger partial charge < -0.3 is 14.8 Å². The van der Waals surface area contributed by atoms with Gasteiger partial charge in [-0.1, -0.05) is 19.1 Å². The van der Waals surface area contributed by atoms with E-state index in [4.69, 9.17) is 14.8 Å². The summed E-state index contributed by atoms with van der Waals surface area (Å²) in [4.78, 5) is 0. The van der Waals surface area contributed by atoms with Crippen LogP contribution in [-0.4, -0.2) is 24.3 Å². The maximum Gasteiger partial charge on any atom is 0.488 e. The first kappa shape index (κ1) is 10.1. The van der Waals surface area contributed by atoms with E-state index in [-0.39, 0.29) is 0 Å². The highest BCUT2D eigenvalue weighted by atomic mass is 16.5. The number of benzene rings is 1. The highest BCUT2D eigenvalue weighted by Gasteiger charge is 2.17. The minimum atomic E-state index is -1.43. The topological polar surface area (TPSA) is 49.7 Å². The molecule has 1 aromatic rings. The van der Waals surface area contributed by atoms with Gasteiger partial charge in [0.1, 0.15) is 5.75 Å². The summed E-state index contributed by atoms with van der Waals surface area (Å²) in [5, 5.41) is 18.1. The van der Waals surface area contributed by atoms with Gasteiger partial charge in [-0.05, 0) is 23.5 Å². The summed E-state index contributed by atoms with van der Waals surface area (Å²) < 4.78 is 5.10. The Morgan fingerprint density at radius 1 is 1.38 bits per heavy atom. The molecular formula is C9H13BO3. The molecule has 0 aliphatic rings. The average molecular weight is 180 g/mol. The average Bonchev–Trinajstić information content (AvgIpc) is 2.16. The molecule has 13 heavy (non-hydrogen) atoms. The van der Waals surface area contributed by atoms with Crippen molar-refractivity contribution in [3.63, 3.8) is 0 Å². The van der Waals surface area contributed by atoms with Crippen molar-refractivity contribution in [3.05, 3.63) is 23.8 Å². The van der Waals surface area contributed by atoms with E-state index in [0.29, 0.717) is 11.2 Å². The summed E-state index contributed by atoms with van der Waals surface area (Å²) in [7, 11) is 0.146. The summed E-state index contributed by atoms with van der Waals surface area (Å²) in [6, 6.07) is 5.24. The zero-order valence-electron chi connectivity index (χ0n) is 7.82. The molecule has 0 amide bonds. The van der Waals surface area contributed by atoms with Crippen molar-refractivity contribution >= 4 is 12.6 Å². The zero-order valence-corrected chi connectivity index (χ0v) is 7.82. The smallest absolute Gasteiger partial charge is 0.488 e. The van der Waals surface area contributed by atoms with Gasteiger partial charge in [0.15, 0.2) is 0 Å². The minimum absolute atomic E-state index is 0.516. The van der Waals surface area contributed by atoms with E-state index in [2.05, 4.69) is 0 Å². The second-order valence-electron chi connectivity index (χ2n) is 2.76. The summed E-state index contributed by atoms with van der Waals surface area (Å²) in [5.74, 6) is 0.702. The molecule has 0 unspecified atom stereocenters. The molecule has 0 atom stereocenters. The second-order valence-corrected chi connectivity index (χ2v) is 2.76. The standard InChI is InChI=1S/C9H13BO3/c1-3-7-8(10(11)12)5-4-6-9(7)13-2/h4-6,11-12H,3H2,1-2H3. The Morgan fingerprint density at radius 2 is 2.08 bits per heavy atom. The molecule has 1 aromatic carbocycles. The van der Waals surface area contributed by atoms with Crippen LogP contribution in [0.5, 0.6) is 5.75 Å². The minimum Gasteiger partial charge on any atom is -0.496 e. The van der Waals surface area contributed by atoms with Crippen LogP contribution in [0.4, 0.5) is 0 Å². The van der Waals surface area contributed by atoms with Gasteiger partial charge in [-0.25, -0.2) is 0 Å². The molecule has 0 spiro atoms. The van der Waals surface area contributed by atoms with Gasteiger partial charge in [0, 0.05) is 0 Å². The van der Waals surface area contributed by atoms with Crippen LogP contribution in [0, 0.1) is 0 Å². The fraction of sp³-hybridized carbons (Fsp3) is 0.333. The first-order chi connectivity index (χ1) is 6.20. The van der Waals surface area contributed by atoms with E-state index in [0.717, 1.165) is 12.0 Å². The third-order valence-corrected chi connectivity index (χ3v) is 2.02. The van der Waals surface area contributed by atoms with E-state index in [9.17, 15) is 0 Å². The molecule has 0 heterocycles. The number of rotatable bonds is 3. The lowest BCUT2D eigenvalue weighted by Gasteiger charge is -2.11. The highest BCUT2D eigenvalue weighted by Crippen LogP contribution is 2.15. The Morgan fingerprint density at radius 3 is 2.54 bits per heavy atom. The monoisotopic (exact) mass is 180 g/mol. The highest BCUT2D eigenvalue weighted by molar-refractivity contribution is 6.59. The SMILES string of the molecule is CCc1c(OC)cccc1B(O)O. The molecule has 1 rings (SSSR count). The van der Waals surface area contributed by atoms with Gasteiger partial charge in [-0.2, -0.15) is 0 Å². The number of hydrogen-bond acceptors (Lipinski definition) is 3. The fourth-order valence-electron chi connectivity index (χ4n) is 1.39. The molecule has 4 heteroatoms. The van der Waals surface area contributed by atoms with Crippen LogP contribution < -0.4 is 10.2 Å². The predicted molar refractivity (Wildman–Crippen MR) is 52.2 cm³/mol. The van der Waals surface area contributed by atoms with Crippen molar-refractivity contribution in [1.82, 2.24) is 0 Å². The fourth-order valence-corrected chi connectivity index (χ4v) is 1.39. The number of ether oxygens (including phenoxy) is 1. The van der Waals surface area contributed by atoms with E-state index in [1.807, 2.05) is 13.0 Å². The lowest BCUT2D eigenvalue weighted by molar-refractivity contribution is 0.407. The normalized spacial score (nSPS) is 9.85. The number of hydrogen-bond donors (Lipinski definition) is 2. The molecule has 0 fully saturated rings. The first-order valence-electron chi connectivity index (χ1n) is 4.22. The zero-order chi connectivity index (χ0) is 9.84. The Balaban J connectivity index is 3.19. The molecular weight excluding hydrogens is 167 g/mol. The van der Waals surface area contributed by atoms with E-state index < -0.39 is 7.12 Å². The van der Waals surface area contributed by atoms with Gasteiger partial charge in [-0.15, -0.1) is 0 Å². The Bertz CT molecular complexity index is 286. The van der Waals surface area contributed by atoms with Crippen LogP contribution in [0.25, 0.3) is 0 Å². The van der Waals surface area contributed by atoms with E-state index in [1.165, 1.54) is 0 Å². The third kappa shape index (κ3) is 2.02. The Hall–Kier alpha value is -0.995. The van der Waals surface area contributed by atoms with Crippen LogP contribution in [0.15, 0.2) is 18.2 Å². The van der Waals surface area contributed by atoms with Gasteiger partial charge in [0.25, 0.3) is 0 Å². The molecule has 0 radical (unpaired) electrons. The molecule has 0 bridgehead atoms. The van der Waals surface area contributed by atoms with Crippen LogP contribution in [0.1, 0.15) is 12.5 Å². The molecule has 0 saturated carbocycles. The van der Waals surface area contributed by atoms with Gasteiger partial charge >= 0.3 is 7.12 Å². The molecule has 0 saturated heterocycles. The summed E-state index contributed by atoms with van der Waals surface area (Å²) in [6.07, 6.45) is 0.719. The van der Waals surface area contributed by atoms with Crippen molar-refractivity contribution in [2.75, 3.05) is 7.11 Å². The first-order valence-corrected chi connectivity index (χ1v) is 4.22. The Labute approximate surface area is 78.1 Å². The van der Waals surface area contributed by atoms with Gasteiger partial charge in [-0.3, -0.25) is 0 Å². The van der Waals surface area contributed by atoms with Crippen molar-refractivity contribution < 1.29 is 14.8 Å². The summed E-state index contributed by atoms with van der Waals surface area (Å²) >= 11 is 0. The molecule has 0 aliphatic carbocycles. The molecule has 70 valence electrons. The maximum atomic E-state index is 9.06. The third-order valence-electron chi connectivity index (χ3n) is 2.02. The number of methoxy groups -OCH3 is 1. The molecule has 2 N–H and O–H groups in total. The van der Waals surface area contributed by atoms with Gasteiger partial charge in [0.05, 0.1) is 7.11 Å². The maximum absolute atomic E-state index is 9.06. The van der Waals surface area contributed by atoms with Crippen LogP contribution >= 0.6 is 0 Å². The van der Waals surface area contributed by atoms with Crippen LogP contribution in [0.3, 0.4) is 0 Å². The quantitative estimate of drug-likeness (QED) is 0.640. The van der Waals surface area contributed by atoms with Crippen molar-refractivity contribution in [3.8, 4) is 5.75 Å². The van der Waals surface area contributed by atoms with E-state index >= 15 is 0 Å². The van der Waals surface area contributed by atoms with Gasteiger partial charge in [0.2, 0.25) is 0 Å². The van der Waals surface area contributed by atoms with Crippen LogP contribution in [0.2, 0.25) is 0 Å². The van der Waals surface area contributed by atoms with Crippen molar-refractivity contribution in [2.45, 2.75) is 13.3 Å².